The third-order valence-corrected chi connectivity index (χ3v) is 5.52. The van der Waals surface area contributed by atoms with Crippen LogP contribution in [-0.4, -0.2) is 28.1 Å². The first kappa shape index (κ1) is 17.4. The summed E-state index contributed by atoms with van der Waals surface area (Å²) in [4.78, 5) is 27.4. The highest BCUT2D eigenvalue weighted by molar-refractivity contribution is 8.00. The fourth-order valence-corrected chi connectivity index (χ4v) is 3.89. The minimum absolute atomic E-state index is 0.0460. The predicted molar refractivity (Wildman–Crippen MR) is 100 cm³/mol. The van der Waals surface area contributed by atoms with E-state index in [1.165, 1.54) is 23.9 Å². The molecule has 1 amide bonds. The zero-order valence-electron chi connectivity index (χ0n) is 13.2. The number of nitro benzene ring substituents is 1. The van der Waals surface area contributed by atoms with Crippen molar-refractivity contribution in [2.75, 3.05) is 12.3 Å². The molecule has 0 aliphatic rings. The molecule has 0 saturated heterocycles. The summed E-state index contributed by atoms with van der Waals surface area (Å²) in [6, 6.07) is 14.1. The van der Waals surface area contributed by atoms with E-state index in [2.05, 4.69) is 10.3 Å². The van der Waals surface area contributed by atoms with Crippen LogP contribution in [0.4, 0.5) is 5.69 Å². The summed E-state index contributed by atoms with van der Waals surface area (Å²) < 4.78 is 1.15. The molecule has 0 saturated carbocycles. The molecule has 0 aliphatic heterocycles. The third-order valence-electron chi connectivity index (χ3n) is 3.42. The molecule has 25 heavy (non-hydrogen) atoms. The van der Waals surface area contributed by atoms with Crippen LogP contribution in [0.25, 0.3) is 10.2 Å². The van der Waals surface area contributed by atoms with Gasteiger partial charge in [0.1, 0.15) is 0 Å². The van der Waals surface area contributed by atoms with Crippen LogP contribution in [0.2, 0.25) is 0 Å². The van der Waals surface area contributed by atoms with E-state index in [-0.39, 0.29) is 17.3 Å². The average molecular weight is 373 g/mol. The van der Waals surface area contributed by atoms with Gasteiger partial charge in [0.05, 0.1) is 25.9 Å². The highest BCUT2D eigenvalue weighted by atomic mass is 32.2. The maximum atomic E-state index is 11.9. The number of hydrogen-bond acceptors (Lipinski definition) is 6. The molecule has 0 unspecified atom stereocenters. The van der Waals surface area contributed by atoms with E-state index < -0.39 is 4.92 Å². The van der Waals surface area contributed by atoms with Gasteiger partial charge in [0, 0.05) is 30.0 Å². The summed E-state index contributed by atoms with van der Waals surface area (Å²) >= 11 is 2.99. The molecular formula is C17H15N3O3S2. The topological polar surface area (TPSA) is 85.1 Å². The van der Waals surface area contributed by atoms with Crippen LogP contribution >= 0.6 is 23.1 Å². The molecule has 1 N–H and O–H groups in total. The summed E-state index contributed by atoms with van der Waals surface area (Å²) in [5.41, 5.74) is 1.03. The number of thiazole rings is 1. The van der Waals surface area contributed by atoms with Crippen molar-refractivity contribution in [3.05, 3.63) is 63.7 Å². The minimum Gasteiger partial charge on any atom is -0.355 e. The molecule has 0 fully saturated rings. The lowest BCUT2D eigenvalue weighted by Gasteiger charge is -2.04. The highest BCUT2D eigenvalue weighted by Crippen LogP contribution is 2.22. The fraction of sp³-hybridized carbons (Fsp3) is 0.176. The van der Waals surface area contributed by atoms with Gasteiger partial charge < -0.3 is 5.32 Å². The quantitative estimate of drug-likeness (QED) is 0.388. The Balaban J connectivity index is 1.42. The van der Waals surface area contributed by atoms with E-state index in [0.717, 1.165) is 20.1 Å². The van der Waals surface area contributed by atoms with Gasteiger partial charge in [-0.2, -0.15) is 0 Å². The number of benzene rings is 2. The monoisotopic (exact) mass is 373 g/mol. The van der Waals surface area contributed by atoms with Crippen molar-refractivity contribution in [2.24, 2.45) is 0 Å². The third kappa shape index (κ3) is 4.77. The number of carbonyl (C=O) groups is 1. The van der Waals surface area contributed by atoms with Gasteiger partial charge in [0.25, 0.3) is 5.69 Å². The van der Waals surface area contributed by atoms with Gasteiger partial charge in [0.2, 0.25) is 5.91 Å². The summed E-state index contributed by atoms with van der Waals surface area (Å²) in [5, 5.41) is 14.5. The molecule has 0 bridgehead atoms. The summed E-state index contributed by atoms with van der Waals surface area (Å²) in [5.74, 6) is 0.210. The zero-order chi connectivity index (χ0) is 17.6. The van der Waals surface area contributed by atoms with Crippen molar-refractivity contribution >= 4 is 44.9 Å². The Morgan fingerprint density at radius 1 is 1.20 bits per heavy atom. The number of amides is 1. The van der Waals surface area contributed by atoms with Gasteiger partial charge in [-0.05, 0) is 24.3 Å². The number of rotatable bonds is 7. The molecule has 6 nitrogen and oxygen atoms in total. The molecule has 3 rings (SSSR count). The highest BCUT2D eigenvalue weighted by Gasteiger charge is 2.07. The number of carbonyl (C=O) groups excluding carboxylic acids is 1. The van der Waals surface area contributed by atoms with E-state index in [9.17, 15) is 14.9 Å². The van der Waals surface area contributed by atoms with Gasteiger partial charge in [-0.25, -0.2) is 4.98 Å². The molecule has 0 atom stereocenters. The van der Waals surface area contributed by atoms with Crippen molar-refractivity contribution < 1.29 is 9.72 Å². The minimum atomic E-state index is -0.441. The van der Waals surface area contributed by atoms with Crippen LogP contribution in [0.3, 0.4) is 0 Å². The summed E-state index contributed by atoms with van der Waals surface area (Å²) in [7, 11) is 0. The number of aromatic nitrogens is 1. The second kappa shape index (κ2) is 8.09. The molecule has 1 heterocycles. The smallest absolute Gasteiger partial charge is 0.269 e. The predicted octanol–water partition coefficient (Wildman–Crippen LogP) is 3.66. The van der Waals surface area contributed by atoms with E-state index in [0.29, 0.717) is 13.0 Å². The van der Waals surface area contributed by atoms with Crippen molar-refractivity contribution in [3.63, 3.8) is 0 Å². The zero-order valence-corrected chi connectivity index (χ0v) is 14.8. The second-order valence-corrected chi connectivity index (χ2v) is 7.38. The van der Waals surface area contributed by atoms with E-state index in [4.69, 9.17) is 0 Å². The van der Waals surface area contributed by atoms with Crippen molar-refractivity contribution in [2.45, 2.75) is 11.3 Å². The van der Waals surface area contributed by atoms with E-state index in [1.54, 1.807) is 23.5 Å². The Kier molecular flexibility index (Phi) is 5.62. The van der Waals surface area contributed by atoms with Gasteiger partial charge in [-0.15, -0.1) is 23.1 Å². The number of nitro groups is 1. The molecule has 8 heteroatoms. The number of nitrogens with one attached hydrogen (secondary N) is 1. The number of hydrogen-bond donors (Lipinski definition) is 1. The van der Waals surface area contributed by atoms with Crippen LogP contribution in [0.15, 0.2) is 53.4 Å². The first-order chi connectivity index (χ1) is 12.1. The van der Waals surface area contributed by atoms with Gasteiger partial charge >= 0.3 is 0 Å². The molecule has 0 spiro atoms. The number of para-hydroxylation sites is 1. The Bertz CT molecular complexity index is 861. The van der Waals surface area contributed by atoms with Gasteiger partial charge in [-0.1, -0.05) is 12.1 Å². The Labute approximate surface area is 152 Å². The average Bonchev–Trinajstić information content (AvgIpc) is 3.03. The lowest BCUT2D eigenvalue weighted by molar-refractivity contribution is -0.384. The first-order valence-electron chi connectivity index (χ1n) is 7.60. The van der Waals surface area contributed by atoms with Gasteiger partial charge in [0.15, 0.2) is 0 Å². The van der Waals surface area contributed by atoms with Crippen LogP contribution < -0.4 is 5.32 Å². The second-order valence-electron chi connectivity index (χ2n) is 5.21. The van der Waals surface area contributed by atoms with Crippen molar-refractivity contribution in [3.8, 4) is 0 Å². The molecular weight excluding hydrogens is 358 g/mol. The van der Waals surface area contributed by atoms with Gasteiger partial charge in [-0.3, -0.25) is 14.9 Å². The van der Waals surface area contributed by atoms with E-state index >= 15 is 0 Å². The lowest BCUT2D eigenvalue weighted by Crippen LogP contribution is -2.27. The molecule has 3 aromatic rings. The van der Waals surface area contributed by atoms with Crippen LogP contribution in [0.1, 0.15) is 5.01 Å². The summed E-state index contributed by atoms with van der Waals surface area (Å²) in [6.45, 7) is 0.541. The number of fused-ring (bicyclic) bond motifs is 1. The Morgan fingerprint density at radius 2 is 1.96 bits per heavy atom. The fourth-order valence-electron chi connectivity index (χ4n) is 2.20. The molecule has 0 aliphatic carbocycles. The van der Waals surface area contributed by atoms with Crippen molar-refractivity contribution in [1.29, 1.82) is 0 Å². The van der Waals surface area contributed by atoms with Crippen molar-refractivity contribution in [1.82, 2.24) is 10.3 Å². The number of nitrogens with zero attached hydrogens (tertiary/aromatic N) is 2. The standard InChI is InChI=1S/C17H15N3O3S2/c21-16(11-24-13-7-5-12(6-8-13)20(22)23)18-10-9-17-19-14-3-1-2-4-15(14)25-17/h1-8H,9-11H2,(H,18,21). The largest absolute Gasteiger partial charge is 0.355 e. The molecule has 128 valence electrons. The van der Waals surface area contributed by atoms with Crippen LogP contribution in [0, 0.1) is 10.1 Å². The normalized spacial score (nSPS) is 10.7. The van der Waals surface area contributed by atoms with E-state index in [1.807, 2.05) is 24.3 Å². The number of thioether (sulfide) groups is 1. The number of non-ortho nitro benzene ring substituents is 1. The first-order valence-corrected chi connectivity index (χ1v) is 9.40. The van der Waals surface area contributed by atoms with Crippen LogP contribution in [0.5, 0.6) is 0 Å². The lowest BCUT2D eigenvalue weighted by atomic mass is 10.3. The summed E-state index contributed by atoms with van der Waals surface area (Å²) in [6.07, 6.45) is 0.702. The van der Waals surface area contributed by atoms with Crippen LogP contribution in [-0.2, 0) is 11.2 Å². The Hall–Kier alpha value is -2.45. The maximum Gasteiger partial charge on any atom is 0.269 e. The molecule has 1 aromatic heterocycles. The SMILES string of the molecule is O=C(CSc1ccc([N+](=O)[O-])cc1)NCCc1nc2ccccc2s1. The Morgan fingerprint density at radius 3 is 2.68 bits per heavy atom. The maximum absolute atomic E-state index is 11.9. The molecule has 0 radical (unpaired) electrons. The molecule has 2 aromatic carbocycles.